The fourth-order valence-electron chi connectivity index (χ4n) is 1.95. The fourth-order valence-corrected chi connectivity index (χ4v) is 1.95. The van der Waals surface area contributed by atoms with Crippen LogP contribution in [0.2, 0.25) is 0 Å². The molecular weight excluding hydrogens is 268 g/mol. The highest BCUT2D eigenvalue weighted by molar-refractivity contribution is 5.92. The summed E-state index contributed by atoms with van der Waals surface area (Å²) in [6.07, 6.45) is -0.0472. The van der Waals surface area contributed by atoms with Crippen molar-refractivity contribution in [2.45, 2.75) is 20.3 Å². The highest BCUT2D eigenvalue weighted by atomic mass is 16.2. The van der Waals surface area contributed by atoms with Crippen molar-refractivity contribution in [1.82, 2.24) is 9.97 Å². The topological polar surface area (TPSA) is 98.6 Å². The smallest absolute Gasteiger partial charge is 0.254 e. The largest absolute Gasteiger partial charge is 0.326 e. The minimum atomic E-state index is -0.307. The molecule has 1 amide bonds. The number of aromatic nitrogens is 2. The first kappa shape index (κ1) is 14.5. The van der Waals surface area contributed by atoms with Gasteiger partial charge in [-0.2, -0.15) is 5.26 Å². The molecule has 0 aliphatic carbocycles. The molecule has 6 heteroatoms. The molecule has 0 saturated heterocycles. The number of aryl methyl sites for hydroxylation is 2. The molecule has 0 bridgehead atoms. The summed E-state index contributed by atoms with van der Waals surface area (Å²) in [5.41, 5.74) is 1.70. The summed E-state index contributed by atoms with van der Waals surface area (Å²) in [5.74, 6) is 0.215. The molecule has 0 atom stereocenters. The number of carbonyl (C=O) groups is 1. The third-order valence-corrected chi connectivity index (χ3v) is 2.98. The second kappa shape index (κ2) is 6.01. The summed E-state index contributed by atoms with van der Waals surface area (Å²) in [6, 6.07) is 8.51. The van der Waals surface area contributed by atoms with E-state index in [9.17, 15) is 9.59 Å². The van der Waals surface area contributed by atoms with Gasteiger partial charge in [-0.1, -0.05) is 0 Å². The van der Waals surface area contributed by atoms with E-state index in [4.69, 9.17) is 5.26 Å². The van der Waals surface area contributed by atoms with Crippen LogP contribution in [0.15, 0.2) is 29.1 Å². The van der Waals surface area contributed by atoms with Crippen molar-refractivity contribution in [2.24, 2.45) is 0 Å². The predicted octanol–water partition coefficient (Wildman–Crippen LogP) is 1.44. The zero-order chi connectivity index (χ0) is 15.4. The van der Waals surface area contributed by atoms with Gasteiger partial charge in [0.05, 0.1) is 18.1 Å². The first-order valence-corrected chi connectivity index (χ1v) is 6.36. The van der Waals surface area contributed by atoms with Crippen LogP contribution in [0.1, 0.15) is 22.6 Å². The molecule has 2 aromatic rings. The van der Waals surface area contributed by atoms with Crippen LogP contribution in [0.25, 0.3) is 0 Å². The van der Waals surface area contributed by atoms with E-state index in [0.717, 1.165) is 0 Å². The summed E-state index contributed by atoms with van der Waals surface area (Å²) >= 11 is 0. The first-order valence-electron chi connectivity index (χ1n) is 6.36. The van der Waals surface area contributed by atoms with E-state index in [2.05, 4.69) is 15.3 Å². The minimum Gasteiger partial charge on any atom is -0.326 e. The molecule has 0 radical (unpaired) electrons. The van der Waals surface area contributed by atoms with Crippen LogP contribution in [-0.4, -0.2) is 15.9 Å². The van der Waals surface area contributed by atoms with Crippen LogP contribution >= 0.6 is 0 Å². The minimum absolute atomic E-state index is 0.0472. The van der Waals surface area contributed by atoms with Crippen molar-refractivity contribution in [1.29, 1.82) is 5.26 Å². The van der Waals surface area contributed by atoms with Crippen LogP contribution in [-0.2, 0) is 11.2 Å². The molecule has 0 fully saturated rings. The summed E-state index contributed by atoms with van der Waals surface area (Å²) in [7, 11) is 0. The second-order valence-corrected chi connectivity index (χ2v) is 4.63. The Balaban J connectivity index is 2.12. The van der Waals surface area contributed by atoms with E-state index in [0.29, 0.717) is 28.3 Å². The lowest BCUT2D eigenvalue weighted by Crippen LogP contribution is -2.24. The van der Waals surface area contributed by atoms with Crippen LogP contribution in [0.4, 0.5) is 5.69 Å². The van der Waals surface area contributed by atoms with Gasteiger partial charge < -0.3 is 10.3 Å². The molecule has 2 rings (SSSR count). The Morgan fingerprint density at radius 1 is 1.33 bits per heavy atom. The van der Waals surface area contributed by atoms with Crippen LogP contribution in [0.5, 0.6) is 0 Å². The Bertz CT molecular complexity index is 770. The fraction of sp³-hybridized carbons (Fsp3) is 0.200. The van der Waals surface area contributed by atoms with Gasteiger partial charge in [-0.15, -0.1) is 0 Å². The van der Waals surface area contributed by atoms with Crippen molar-refractivity contribution in [3.63, 3.8) is 0 Å². The average molecular weight is 282 g/mol. The third-order valence-electron chi connectivity index (χ3n) is 2.98. The van der Waals surface area contributed by atoms with Gasteiger partial charge in [0.1, 0.15) is 5.82 Å². The molecular formula is C15H14N4O2. The summed E-state index contributed by atoms with van der Waals surface area (Å²) < 4.78 is 0. The lowest BCUT2D eigenvalue weighted by Gasteiger charge is -2.07. The van der Waals surface area contributed by atoms with E-state index in [1.165, 1.54) is 0 Å². The lowest BCUT2D eigenvalue weighted by atomic mass is 10.1. The maximum atomic E-state index is 12.0. The number of H-pyrrole nitrogens is 1. The highest BCUT2D eigenvalue weighted by Gasteiger charge is 2.12. The van der Waals surface area contributed by atoms with Gasteiger partial charge in [0.2, 0.25) is 5.91 Å². The van der Waals surface area contributed by atoms with Gasteiger partial charge in [0.25, 0.3) is 5.56 Å². The Morgan fingerprint density at radius 2 is 2.00 bits per heavy atom. The molecule has 1 heterocycles. The standard InChI is InChI=1S/C15H14N4O2/c1-9-13(15(21)18-10(2)17-9)7-14(20)19-12-5-3-11(8-16)4-6-12/h3-6H,7H2,1-2H3,(H,19,20)(H,17,18,21). The van der Waals surface area contributed by atoms with E-state index < -0.39 is 0 Å². The number of anilines is 1. The summed E-state index contributed by atoms with van der Waals surface area (Å²) in [6.45, 7) is 3.39. The van der Waals surface area contributed by atoms with Crippen molar-refractivity contribution >= 4 is 11.6 Å². The number of nitriles is 1. The summed E-state index contributed by atoms with van der Waals surface area (Å²) in [4.78, 5) is 30.5. The normalized spacial score (nSPS) is 9.95. The van der Waals surface area contributed by atoms with E-state index in [-0.39, 0.29) is 17.9 Å². The molecule has 0 saturated carbocycles. The van der Waals surface area contributed by atoms with Gasteiger partial charge in [-0.3, -0.25) is 9.59 Å². The van der Waals surface area contributed by atoms with Crippen molar-refractivity contribution in [2.75, 3.05) is 5.32 Å². The summed E-state index contributed by atoms with van der Waals surface area (Å²) in [5, 5.41) is 11.4. The van der Waals surface area contributed by atoms with Gasteiger partial charge in [-0.25, -0.2) is 4.98 Å². The van der Waals surface area contributed by atoms with Crippen LogP contribution in [0.3, 0.4) is 0 Å². The second-order valence-electron chi connectivity index (χ2n) is 4.63. The number of hydrogen-bond acceptors (Lipinski definition) is 4. The molecule has 2 N–H and O–H groups in total. The molecule has 1 aromatic carbocycles. The number of nitrogens with zero attached hydrogens (tertiary/aromatic N) is 2. The SMILES string of the molecule is Cc1nc(C)c(CC(=O)Nc2ccc(C#N)cc2)c(=O)[nH]1. The Morgan fingerprint density at radius 3 is 2.57 bits per heavy atom. The molecule has 0 aliphatic heterocycles. The van der Waals surface area contributed by atoms with Crippen LogP contribution < -0.4 is 10.9 Å². The van der Waals surface area contributed by atoms with Gasteiger partial charge in [-0.05, 0) is 38.1 Å². The average Bonchev–Trinajstić information content (AvgIpc) is 2.43. The van der Waals surface area contributed by atoms with Gasteiger partial charge in [0.15, 0.2) is 0 Å². The predicted molar refractivity (Wildman–Crippen MR) is 77.8 cm³/mol. The zero-order valence-corrected chi connectivity index (χ0v) is 11.7. The number of nitrogens with one attached hydrogen (secondary N) is 2. The van der Waals surface area contributed by atoms with Gasteiger partial charge in [0, 0.05) is 16.9 Å². The monoisotopic (exact) mass is 282 g/mol. The molecule has 0 unspecified atom stereocenters. The number of amides is 1. The molecule has 0 spiro atoms. The molecule has 21 heavy (non-hydrogen) atoms. The number of carbonyl (C=O) groups excluding carboxylic acids is 1. The van der Waals surface area contributed by atoms with Gasteiger partial charge >= 0.3 is 0 Å². The maximum Gasteiger partial charge on any atom is 0.254 e. The number of rotatable bonds is 3. The number of benzene rings is 1. The molecule has 106 valence electrons. The third kappa shape index (κ3) is 3.54. The van der Waals surface area contributed by atoms with Crippen LogP contribution in [0, 0.1) is 25.2 Å². The van der Waals surface area contributed by atoms with Crippen molar-refractivity contribution < 1.29 is 4.79 Å². The Labute approximate surface area is 121 Å². The molecule has 1 aromatic heterocycles. The number of aromatic amines is 1. The van der Waals surface area contributed by atoms with E-state index in [1.807, 2.05) is 6.07 Å². The maximum absolute atomic E-state index is 12.0. The van der Waals surface area contributed by atoms with E-state index >= 15 is 0 Å². The Kier molecular flexibility index (Phi) is 4.14. The molecule has 0 aliphatic rings. The number of hydrogen-bond donors (Lipinski definition) is 2. The highest BCUT2D eigenvalue weighted by Crippen LogP contribution is 2.09. The first-order chi connectivity index (χ1) is 9.99. The lowest BCUT2D eigenvalue weighted by molar-refractivity contribution is -0.115. The zero-order valence-electron chi connectivity index (χ0n) is 11.7. The molecule has 6 nitrogen and oxygen atoms in total. The Hall–Kier alpha value is -2.94. The quantitative estimate of drug-likeness (QED) is 0.889. The van der Waals surface area contributed by atoms with Crippen molar-refractivity contribution in [3.8, 4) is 6.07 Å². The van der Waals surface area contributed by atoms with Crippen molar-refractivity contribution in [3.05, 3.63) is 57.3 Å². The van der Waals surface area contributed by atoms with E-state index in [1.54, 1.807) is 38.1 Å².